The van der Waals surface area contributed by atoms with Gasteiger partial charge in [0.1, 0.15) is 0 Å². The summed E-state index contributed by atoms with van der Waals surface area (Å²) in [5, 5.41) is 9.82. The van der Waals surface area contributed by atoms with Crippen LogP contribution in [0, 0.1) is 0 Å². The van der Waals surface area contributed by atoms with E-state index in [4.69, 9.17) is 9.47 Å². The number of nitrogens with zero attached hydrogens (tertiary/aromatic N) is 1. The fraction of sp³-hybridized carbons (Fsp3) is 0.923. The Labute approximate surface area is 110 Å². The smallest absolute Gasteiger partial charge is 0.320 e. The van der Waals surface area contributed by atoms with Crippen molar-refractivity contribution in [3.63, 3.8) is 0 Å². The number of ether oxygens (including phenoxy) is 2. The molecule has 0 saturated carbocycles. The minimum absolute atomic E-state index is 0.101. The summed E-state index contributed by atoms with van der Waals surface area (Å²) in [6, 6.07) is 0. The Kier molecular flexibility index (Phi) is 9.92. The molecule has 5 heteroatoms. The van der Waals surface area contributed by atoms with Crippen LogP contribution in [0.25, 0.3) is 0 Å². The number of carbonyl (C=O) groups is 1. The molecule has 1 unspecified atom stereocenters. The van der Waals surface area contributed by atoms with Crippen LogP contribution in [0.2, 0.25) is 0 Å². The zero-order valence-electron chi connectivity index (χ0n) is 12.0. The maximum atomic E-state index is 11.4. The average Bonchev–Trinajstić information content (AvgIpc) is 2.27. The van der Waals surface area contributed by atoms with Crippen molar-refractivity contribution in [2.75, 3.05) is 32.8 Å². The molecule has 18 heavy (non-hydrogen) atoms. The zero-order chi connectivity index (χ0) is 14.0. The van der Waals surface area contributed by atoms with Crippen molar-refractivity contribution in [3.8, 4) is 0 Å². The molecule has 0 radical (unpaired) electrons. The number of rotatable bonds is 10. The first-order chi connectivity index (χ1) is 8.49. The molecular formula is C13H27NO4. The summed E-state index contributed by atoms with van der Waals surface area (Å²) in [6.07, 6.45) is 0.453. The summed E-state index contributed by atoms with van der Waals surface area (Å²) in [5.74, 6) is -0.247. The van der Waals surface area contributed by atoms with Crippen LogP contribution in [0.5, 0.6) is 0 Å². The van der Waals surface area contributed by atoms with E-state index in [0.717, 1.165) is 13.0 Å². The molecule has 0 rings (SSSR count). The number of hydrogen-bond donors (Lipinski definition) is 1. The Morgan fingerprint density at radius 2 is 2.00 bits per heavy atom. The predicted octanol–water partition coefficient (Wildman–Crippen LogP) is 1.05. The Morgan fingerprint density at radius 3 is 2.50 bits per heavy atom. The highest BCUT2D eigenvalue weighted by atomic mass is 16.5. The van der Waals surface area contributed by atoms with Gasteiger partial charge in [-0.3, -0.25) is 9.69 Å². The summed E-state index contributed by atoms with van der Waals surface area (Å²) in [4.78, 5) is 13.3. The number of aliphatic hydroxyl groups is 1. The van der Waals surface area contributed by atoms with E-state index >= 15 is 0 Å². The van der Waals surface area contributed by atoms with Gasteiger partial charge in [0.05, 0.1) is 32.0 Å². The highest BCUT2D eigenvalue weighted by Gasteiger charge is 2.15. The Hall–Kier alpha value is -0.650. The van der Waals surface area contributed by atoms with E-state index in [-0.39, 0.29) is 18.6 Å². The number of aliphatic hydroxyl groups excluding tert-OH is 1. The second kappa shape index (κ2) is 10.3. The lowest BCUT2D eigenvalue weighted by Crippen LogP contribution is -2.39. The molecule has 0 bridgehead atoms. The Bertz CT molecular complexity index is 221. The van der Waals surface area contributed by atoms with Gasteiger partial charge < -0.3 is 14.6 Å². The Balaban J connectivity index is 4.04. The number of hydrogen-bond acceptors (Lipinski definition) is 5. The van der Waals surface area contributed by atoms with E-state index in [9.17, 15) is 9.90 Å². The third kappa shape index (κ3) is 9.39. The quantitative estimate of drug-likeness (QED) is 0.596. The number of carbonyl (C=O) groups excluding carboxylic acids is 1. The zero-order valence-corrected chi connectivity index (χ0v) is 12.0. The van der Waals surface area contributed by atoms with Crippen molar-refractivity contribution in [1.29, 1.82) is 0 Å². The molecule has 0 fully saturated rings. The fourth-order valence-electron chi connectivity index (χ4n) is 1.59. The molecule has 0 aromatic rings. The van der Waals surface area contributed by atoms with Crippen LogP contribution < -0.4 is 0 Å². The third-order valence-corrected chi connectivity index (χ3v) is 2.29. The van der Waals surface area contributed by atoms with Crippen LogP contribution in [0.3, 0.4) is 0 Å². The molecule has 0 aromatic heterocycles. The molecule has 1 N–H and O–H groups in total. The second-order valence-corrected chi connectivity index (χ2v) is 4.58. The monoisotopic (exact) mass is 261 g/mol. The molecule has 5 nitrogen and oxygen atoms in total. The molecule has 0 aliphatic carbocycles. The number of esters is 1. The summed E-state index contributed by atoms with van der Waals surface area (Å²) < 4.78 is 10.2. The summed E-state index contributed by atoms with van der Waals surface area (Å²) in [5.41, 5.74) is 0. The van der Waals surface area contributed by atoms with E-state index in [1.807, 2.05) is 25.7 Å². The summed E-state index contributed by atoms with van der Waals surface area (Å²) >= 11 is 0. The van der Waals surface area contributed by atoms with Gasteiger partial charge in [0.15, 0.2) is 0 Å². The molecule has 0 amide bonds. The van der Waals surface area contributed by atoms with Gasteiger partial charge in [0.25, 0.3) is 0 Å². The maximum absolute atomic E-state index is 11.4. The molecule has 0 heterocycles. The average molecular weight is 261 g/mol. The van der Waals surface area contributed by atoms with E-state index in [1.165, 1.54) is 0 Å². The van der Waals surface area contributed by atoms with Crippen LogP contribution in [-0.2, 0) is 14.3 Å². The van der Waals surface area contributed by atoms with Gasteiger partial charge in [-0.25, -0.2) is 0 Å². The van der Waals surface area contributed by atoms with Crippen molar-refractivity contribution < 1.29 is 19.4 Å². The van der Waals surface area contributed by atoms with Gasteiger partial charge >= 0.3 is 5.97 Å². The van der Waals surface area contributed by atoms with Crippen LogP contribution in [0.1, 0.15) is 34.1 Å². The fourth-order valence-corrected chi connectivity index (χ4v) is 1.59. The molecular weight excluding hydrogens is 234 g/mol. The van der Waals surface area contributed by atoms with Crippen molar-refractivity contribution in [3.05, 3.63) is 0 Å². The van der Waals surface area contributed by atoms with Crippen molar-refractivity contribution in [2.24, 2.45) is 0 Å². The largest absolute Gasteiger partial charge is 0.465 e. The first kappa shape index (κ1) is 17.4. The van der Waals surface area contributed by atoms with Gasteiger partial charge in [-0.15, -0.1) is 0 Å². The standard InChI is InChI=1S/C13H27NO4/c1-5-7-14(9-13(16)17-6-2)8-12(15)10-18-11(3)4/h11-12,15H,5-10H2,1-4H3. The molecule has 0 saturated heterocycles. The topological polar surface area (TPSA) is 59.0 Å². The van der Waals surface area contributed by atoms with Crippen LogP contribution in [-0.4, -0.2) is 61.0 Å². The van der Waals surface area contributed by atoms with Crippen molar-refractivity contribution in [1.82, 2.24) is 4.90 Å². The van der Waals surface area contributed by atoms with Crippen molar-refractivity contribution >= 4 is 5.97 Å². The lowest BCUT2D eigenvalue weighted by Gasteiger charge is -2.24. The molecule has 0 aliphatic rings. The van der Waals surface area contributed by atoms with Gasteiger partial charge in [0.2, 0.25) is 0 Å². The Morgan fingerprint density at radius 1 is 1.33 bits per heavy atom. The lowest BCUT2D eigenvalue weighted by molar-refractivity contribution is -0.144. The highest BCUT2D eigenvalue weighted by Crippen LogP contribution is 1.99. The van der Waals surface area contributed by atoms with Crippen molar-refractivity contribution in [2.45, 2.75) is 46.3 Å². The minimum atomic E-state index is -0.576. The lowest BCUT2D eigenvalue weighted by atomic mass is 10.3. The first-order valence-electron chi connectivity index (χ1n) is 6.67. The van der Waals surface area contributed by atoms with Gasteiger partial charge in [0, 0.05) is 6.54 Å². The van der Waals surface area contributed by atoms with E-state index < -0.39 is 6.10 Å². The predicted molar refractivity (Wildman–Crippen MR) is 70.5 cm³/mol. The highest BCUT2D eigenvalue weighted by molar-refractivity contribution is 5.71. The van der Waals surface area contributed by atoms with Crippen LogP contribution in [0.15, 0.2) is 0 Å². The first-order valence-corrected chi connectivity index (χ1v) is 6.67. The van der Waals surface area contributed by atoms with Gasteiger partial charge in [-0.1, -0.05) is 6.92 Å². The minimum Gasteiger partial charge on any atom is -0.465 e. The van der Waals surface area contributed by atoms with Gasteiger partial charge in [-0.05, 0) is 33.7 Å². The van der Waals surface area contributed by atoms with E-state index in [2.05, 4.69) is 0 Å². The third-order valence-electron chi connectivity index (χ3n) is 2.29. The molecule has 108 valence electrons. The molecule has 1 atom stereocenters. The SMILES string of the molecule is CCCN(CC(=O)OCC)CC(O)COC(C)C. The molecule has 0 aliphatic heterocycles. The van der Waals surface area contributed by atoms with Crippen LogP contribution >= 0.6 is 0 Å². The van der Waals surface area contributed by atoms with Gasteiger partial charge in [-0.2, -0.15) is 0 Å². The molecule has 0 aromatic carbocycles. The van der Waals surface area contributed by atoms with E-state index in [1.54, 1.807) is 6.92 Å². The maximum Gasteiger partial charge on any atom is 0.320 e. The van der Waals surface area contributed by atoms with E-state index in [0.29, 0.717) is 19.8 Å². The summed E-state index contributed by atoms with van der Waals surface area (Å²) in [7, 11) is 0. The van der Waals surface area contributed by atoms with Crippen LogP contribution in [0.4, 0.5) is 0 Å². The normalized spacial score (nSPS) is 13.1. The summed E-state index contributed by atoms with van der Waals surface area (Å²) in [6.45, 7) is 9.77. The molecule has 0 spiro atoms. The second-order valence-electron chi connectivity index (χ2n) is 4.58.